The number of rotatable bonds is 5. The SMILES string of the molecule is C=Cc1ccc(OC(=O)N2CCC(C(=O)Oc3ccc(S(=O)(=O)[O-])cc3)CC2)cc1. The van der Waals surface area contributed by atoms with Gasteiger partial charge < -0.3 is 18.9 Å². The summed E-state index contributed by atoms with van der Waals surface area (Å²) >= 11 is 0. The number of carbonyl (C=O) groups is 2. The average molecular weight is 430 g/mol. The molecular formula is C21H20NO7S-. The van der Waals surface area contributed by atoms with E-state index in [4.69, 9.17) is 9.47 Å². The molecule has 0 unspecified atom stereocenters. The molecule has 0 atom stereocenters. The minimum absolute atomic E-state index is 0.150. The zero-order chi connectivity index (χ0) is 21.7. The third-order valence-corrected chi connectivity index (χ3v) is 5.59. The largest absolute Gasteiger partial charge is 0.744 e. The molecule has 30 heavy (non-hydrogen) atoms. The zero-order valence-corrected chi connectivity index (χ0v) is 16.8. The second-order valence-electron chi connectivity index (χ2n) is 6.75. The van der Waals surface area contributed by atoms with E-state index in [0.29, 0.717) is 31.7 Å². The van der Waals surface area contributed by atoms with Gasteiger partial charge in [-0.1, -0.05) is 24.8 Å². The van der Waals surface area contributed by atoms with E-state index in [0.717, 1.165) is 17.7 Å². The fraction of sp³-hybridized carbons (Fsp3) is 0.238. The molecule has 9 heteroatoms. The number of carbonyl (C=O) groups excluding carboxylic acids is 2. The molecule has 0 N–H and O–H groups in total. The Morgan fingerprint density at radius 3 is 2.03 bits per heavy atom. The van der Waals surface area contributed by atoms with Gasteiger partial charge in [-0.25, -0.2) is 13.2 Å². The Balaban J connectivity index is 1.49. The van der Waals surface area contributed by atoms with Crippen LogP contribution in [-0.2, 0) is 14.9 Å². The lowest BCUT2D eigenvalue weighted by molar-refractivity contribution is -0.140. The van der Waals surface area contributed by atoms with Crippen molar-refractivity contribution in [2.24, 2.45) is 5.92 Å². The van der Waals surface area contributed by atoms with Crippen molar-refractivity contribution in [1.29, 1.82) is 0 Å². The second-order valence-corrected chi connectivity index (χ2v) is 8.13. The lowest BCUT2D eigenvalue weighted by Crippen LogP contribution is -2.42. The number of piperidine rings is 1. The molecule has 1 amide bonds. The van der Waals surface area contributed by atoms with Crippen LogP contribution in [0, 0.1) is 5.92 Å². The number of hydrogen-bond donors (Lipinski definition) is 0. The van der Waals surface area contributed by atoms with Crippen LogP contribution in [-0.4, -0.2) is 43.0 Å². The molecule has 1 aliphatic rings. The van der Waals surface area contributed by atoms with Crippen molar-refractivity contribution in [3.63, 3.8) is 0 Å². The maximum atomic E-state index is 12.3. The molecule has 2 aromatic carbocycles. The fourth-order valence-electron chi connectivity index (χ4n) is 3.01. The number of amides is 1. The number of likely N-dealkylation sites (tertiary alicyclic amines) is 1. The molecule has 1 saturated heterocycles. The summed E-state index contributed by atoms with van der Waals surface area (Å²) in [6.45, 7) is 4.35. The lowest BCUT2D eigenvalue weighted by atomic mass is 9.97. The van der Waals surface area contributed by atoms with Crippen LogP contribution < -0.4 is 9.47 Å². The van der Waals surface area contributed by atoms with Crippen molar-refractivity contribution in [2.45, 2.75) is 17.7 Å². The Bertz CT molecular complexity index is 1020. The smallest absolute Gasteiger partial charge is 0.415 e. The fourth-order valence-corrected chi connectivity index (χ4v) is 3.48. The van der Waals surface area contributed by atoms with Crippen LogP contribution in [0.1, 0.15) is 18.4 Å². The van der Waals surface area contributed by atoms with Crippen molar-refractivity contribution < 1.29 is 32.0 Å². The Morgan fingerprint density at radius 1 is 0.967 bits per heavy atom. The first-order valence-corrected chi connectivity index (χ1v) is 10.6. The van der Waals surface area contributed by atoms with Gasteiger partial charge in [-0.15, -0.1) is 0 Å². The normalized spacial score (nSPS) is 14.8. The van der Waals surface area contributed by atoms with Crippen LogP contribution >= 0.6 is 0 Å². The summed E-state index contributed by atoms with van der Waals surface area (Å²) in [7, 11) is -4.55. The van der Waals surface area contributed by atoms with Gasteiger partial charge in [0.2, 0.25) is 0 Å². The maximum absolute atomic E-state index is 12.3. The van der Waals surface area contributed by atoms with Gasteiger partial charge in [0.25, 0.3) is 0 Å². The van der Waals surface area contributed by atoms with E-state index >= 15 is 0 Å². The first-order valence-electron chi connectivity index (χ1n) is 9.23. The van der Waals surface area contributed by atoms with Crippen molar-refractivity contribution in [3.05, 3.63) is 60.7 Å². The molecule has 0 aliphatic carbocycles. The molecule has 0 bridgehead atoms. The summed E-state index contributed by atoms with van der Waals surface area (Å²) in [4.78, 5) is 25.8. The van der Waals surface area contributed by atoms with Crippen molar-refractivity contribution in [3.8, 4) is 11.5 Å². The Morgan fingerprint density at radius 2 is 1.50 bits per heavy atom. The molecule has 0 aromatic heterocycles. The van der Waals surface area contributed by atoms with Crippen LogP contribution in [0.5, 0.6) is 11.5 Å². The highest BCUT2D eigenvalue weighted by Crippen LogP contribution is 2.23. The van der Waals surface area contributed by atoms with Crippen molar-refractivity contribution in [1.82, 2.24) is 4.90 Å². The van der Waals surface area contributed by atoms with Gasteiger partial charge in [0.1, 0.15) is 21.6 Å². The van der Waals surface area contributed by atoms with Crippen molar-refractivity contribution >= 4 is 28.3 Å². The molecule has 1 heterocycles. The molecule has 1 fully saturated rings. The predicted octanol–water partition coefficient (Wildman–Crippen LogP) is 3.05. The summed E-state index contributed by atoms with van der Waals surface area (Å²) < 4.78 is 43.4. The molecule has 8 nitrogen and oxygen atoms in total. The van der Waals surface area contributed by atoms with Crippen LogP contribution in [0.25, 0.3) is 6.08 Å². The van der Waals surface area contributed by atoms with Crippen LogP contribution in [0.3, 0.4) is 0 Å². The zero-order valence-electron chi connectivity index (χ0n) is 16.0. The van der Waals surface area contributed by atoms with E-state index in [1.54, 1.807) is 30.3 Å². The molecular weight excluding hydrogens is 410 g/mol. The number of nitrogens with zero attached hydrogens (tertiary/aromatic N) is 1. The summed E-state index contributed by atoms with van der Waals surface area (Å²) in [5, 5.41) is 0. The molecule has 158 valence electrons. The molecule has 3 rings (SSSR count). The number of esters is 1. The highest BCUT2D eigenvalue weighted by atomic mass is 32.2. The third-order valence-electron chi connectivity index (χ3n) is 4.74. The minimum Gasteiger partial charge on any atom is -0.744 e. The van der Waals surface area contributed by atoms with Gasteiger partial charge in [-0.2, -0.15) is 0 Å². The summed E-state index contributed by atoms with van der Waals surface area (Å²) in [5.41, 5.74) is 0.915. The molecule has 0 spiro atoms. The highest BCUT2D eigenvalue weighted by Gasteiger charge is 2.29. The van der Waals surface area contributed by atoms with E-state index in [2.05, 4.69) is 6.58 Å². The topological polar surface area (TPSA) is 113 Å². The molecule has 0 saturated carbocycles. The van der Waals surface area contributed by atoms with E-state index in [1.807, 2.05) is 0 Å². The van der Waals surface area contributed by atoms with Gasteiger partial charge in [0.05, 0.1) is 10.8 Å². The summed E-state index contributed by atoms with van der Waals surface area (Å²) in [6, 6.07) is 11.6. The molecule has 1 aliphatic heterocycles. The first-order chi connectivity index (χ1) is 14.3. The summed E-state index contributed by atoms with van der Waals surface area (Å²) in [6.07, 6.45) is 2.03. The standard InChI is InChI=1S/C21H21NO7S/c1-2-15-3-5-18(6-4-15)29-21(24)22-13-11-16(12-14-22)20(23)28-17-7-9-19(10-8-17)30(25,26)27/h2-10,16H,1,11-14H2,(H,25,26,27)/p-1. The number of ether oxygens (including phenoxy) is 2. The number of benzene rings is 2. The Labute approximate surface area is 174 Å². The Kier molecular flexibility index (Phi) is 6.53. The van der Waals surface area contributed by atoms with Crippen molar-refractivity contribution in [2.75, 3.05) is 13.1 Å². The van der Waals surface area contributed by atoms with E-state index < -0.39 is 33.0 Å². The molecule has 2 aromatic rings. The predicted molar refractivity (Wildman–Crippen MR) is 107 cm³/mol. The second kappa shape index (κ2) is 9.10. The van der Waals surface area contributed by atoms with Gasteiger partial charge in [-0.05, 0) is 54.8 Å². The van der Waals surface area contributed by atoms with Gasteiger partial charge in [0, 0.05) is 13.1 Å². The minimum atomic E-state index is -4.55. The van der Waals surface area contributed by atoms with Gasteiger partial charge in [-0.3, -0.25) is 4.79 Å². The van der Waals surface area contributed by atoms with Crippen LogP contribution in [0.15, 0.2) is 60.0 Å². The van der Waals surface area contributed by atoms with Gasteiger partial charge >= 0.3 is 12.1 Å². The number of hydrogen-bond acceptors (Lipinski definition) is 7. The van der Waals surface area contributed by atoms with E-state index in [1.165, 1.54) is 17.0 Å². The van der Waals surface area contributed by atoms with E-state index in [9.17, 15) is 22.6 Å². The maximum Gasteiger partial charge on any atom is 0.415 e. The monoisotopic (exact) mass is 430 g/mol. The third kappa shape index (κ3) is 5.46. The summed E-state index contributed by atoms with van der Waals surface area (Å²) in [5.74, 6) is -0.294. The van der Waals surface area contributed by atoms with Gasteiger partial charge in [0.15, 0.2) is 0 Å². The lowest BCUT2D eigenvalue weighted by Gasteiger charge is -2.30. The van der Waals surface area contributed by atoms with Crippen LogP contribution in [0.4, 0.5) is 4.79 Å². The average Bonchev–Trinajstić information content (AvgIpc) is 2.74. The molecule has 0 radical (unpaired) electrons. The first kappa shape index (κ1) is 21.5. The quantitative estimate of drug-likeness (QED) is 0.407. The Hall–Kier alpha value is -3.17. The van der Waals surface area contributed by atoms with E-state index in [-0.39, 0.29) is 5.75 Å². The van der Waals surface area contributed by atoms with Crippen LogP contribution in [0.2, 0.25) is 0 Å². The highest BCUT2D eigenvalue weighted by molar-refractivity contribution is 7.85.